The molecular weight excluding hydrogens is 164 g/mol. The van der Waals surface area contributed by atoms with Gasteiger partial charge in [0.25, 0.3) is 0 Å². The third-order valence-corrected chi connectivity index (χ3v) is 2.00. The van der Waals surface area contributed by atoms with Crippen molar-refractivity contribution in [3.63, 3.8) is 0 Å². The summed E-state index contributed by atoms with van der Waals surface area (Å²) >= 11 is 0. The smallest absolute Gasteiger partial charge is 0.0973 e. The highest BCUT2D eigenvalue weighted by atomic mass is 14.8. The van der Waals surface area contributed by atoms with Gasteiger partial charge >= 0.3 is 0 Å². The van der Waals surface area contributed by atoms with E-state index in [1.165, 1.54) is 0 Å². The highest BCUT2D eigenvalue weighted by Crippen LogP contribution is 2.29. The maximum atomic E-state index is 5.75. The van der Waals surface area contributed by atoms with Gasteiger partial charge in [-0.2, -0.15) is 0 Å². The van der Waals surface area contributed by atoms with Gasteiger partial charge in [0.1, 0.15) is 0 Å². The number of nitrogens with two attached hydrogens (primary N) is 3. The number of aromatic nitrogens is 1. The number of benzene rings is 1. The van der Waals surface area contributed by atoms with Crippen molar-refractivity contribution in [2.45, 2.75) is 0 Å². The van der Waals surface area contributed by atoms with Gasteiger partial charge in [0.2, 0.25) is 0 Å². The van der Waals surface area contributed by atoms with E-state index in [1.807, 2.05) is 12.1 Å². The lowest BCUT2D eigenvalue weighted by atomic mass is 10.1. The molecular formula is C9H10N4. The Balaban J connectivity index is 2.97. The van der Waals surface area contributed by atoms with Crippen LogP contribution in [0.2, 0.25) is 0 Å². The highest BCUT2D eigenvalue weighted by Gasteiger charge is 2.05. The van der Waals surface area contributed by atoms with Crippen molar-refractivity contribution in [1.29, 1.82) is 0 Å². The molecule has 1 aromatic carbocycles. The van der Waals surface area contributed by atoms with E-state index in [0.29, 0.717) is 22.6 Å². The van der Waals surface area contributed by atoms with E-state index in [-0.39, 0.29) is 0 Å². The molecule has 13 heavy (non-hydrogen) atoms. The van der Waals surface area contributed by atoms with Crippen LogP contribution < -0.4 is 17.2 Å². The van der Waals surface area contributed by atoms with Gasteiger partial charge in [0.05, 0.1) is 16.9 Å². The maximum Gasteiger partial charge on any atom is 0.0973 e. The Bertz CT molecular complexity index is 464. The average molecular weight is 174 g/mol. The maximum absolute atomic E-state index is 5.75. The molecule has 0 amide bonds. The molecule has 2 aromatic rings. The van der Waals surface area contributed by atoms with Crippen molar-refractivity contribution in [2.24, 2.45) is 0 Å². The molecule has 6 N–H and O–H groups in total. The van der Waals surface area contributed by atoms with Crippen molar-refractivity contribution >= 4 is 28.0 Å². The second kappa shape index (κ2) is 2.52. The van der Waals surface area contributed by atoms with Crippen LogP contribution in [0, 0.1) is 0 Å². The largest absolute Gasteiger partial charge is 0.398 e. The molecule has 0 bridgehead atoms. The van der Waals surface area contributed by atoms with Crippen LogP contribution in [-0.4, -0.2) is 4.98 Å². The monoisotopic (exact) mass is 174 g/mol. The standard InChI is InChI=1S/C9H10N4/c10-6-4-7(11)8(12)9-5(6)2-1-3-13-9/h1-4H,10-12H2. The van der Waals surface area contributed by atoms with E-state index in [2.05, 4.69) is 4.98 Å². The van der Waals surface area contributed by atoms with E-state index in [0.717, 1.165) is 5.39 Å². The molecule has 1 aromatic heterocycles. The highest BCUT2D eigenvalue weighted by molar-refractivity contribution is 6.02. The van der Waals surface area contributed by atoms with Crippen molar-refractivity contribution in [3.8, 4) is 0 Å². The summed E-state index contributed by atoms with van der Waals surface area (Å²) in [6.45, 7) is 0. The van der Waals surface area contributed by atoms with Gasteiger partial charge in [-0.1, -0.05) is 0 Å². The molecule has 0 atom stereocenters. The summed E-state index contributed by atoms with van der Waals surface area (Å²) < 4.78 is 0. The van der Waals surface area contributed by atoms with Crippen molar-refractivity contribution in [2.75, 3.05) is 17.2 Å². The van der Waals surface area contributed by atoms with Crippen LogP contribution in [0.1, 0.15) is 0 Å². The number of nitrogen functional groups attached to an aromatic ring is 3. The van der Waals surface area contributed by atoms with Crippen LogP contribution in [0.4, 0.5) is 17.1 Å². The van der Waals surface area contributed by atoms with Crippen molar-refractivity contribution in [1.82, 2.24) is 4.98 Å². The van der Waals surface area contributed by atoms with Gasteiger partial charge in [-0.05, 0) is 18.2 Å². The second-order valence-corrected chi connectivity index (χ2v) is 2.87. The summed E-state index contributed by atoms with van der Waals surface area (Å²) in [7, 11) is 0. The van der Waals surface area contributed by atoms with Crippen LogP contribution >= 0.6 is 0 Å². The Morgan fingerprint density at radius 1 is 1.08 bits per heavy atom. The summed E-state index contributed by atoms with van der Waals surface area (Å²) in [6, 6.07) is 5.33. The SMILES string of the molecule is Nc1cc(N)c2cccnc2c1N. The predicted molar refractivity (Wildman–Crippen MR) is 55.0 cm³/mol. The molecule has 0 aliphatic rings. The topological polar surface area (TPSA) is 91.0 Å². The van der Waals surface area contributed by atoms with Crippen molar-refractivity contribution in [3.05, 3.63) is 24.4 Å². The first kappa shape index (κ1) is 7.67. The first-order valence-corrected chi connectivity index (χ1v) is 3.88. The number of anilines is 3. The summed E-state index contributed by atoms with van der Waals surface area (Å²) in [5, 5.41) is 0.842. The minimum absolute atomic E-state index is 0.476. The minimum Gasteiger partial charge on any atom is -0.398 e. The normalized spacial score (nSPS) is 10.5. The van der Waals surface area contributed by atoms with E-state index in [1.54, 1.807) is 12.3 Å². The van der Waals surface area contributed by atoms with Crippen LogP contribution in [0.25, 0.3) is 10.9 Å². The molecule has 0 fully saturated rings. The molecule has 0 radical (unpaired) electrons. The molecule has 4 heteroatoms. The Morgan fingerprint density at radius 2 is 1.85 bits per heavy atom. The number of hydrogen-bond acceptors (Lipinski definition) is 4. The first-order chi connectivity index (χ1) is 6.20. The first-order valence-electron chi connectivity index (χ1n) is 3.88. The number of nitrogens with zero attached hydrogens (tertiary/aromatic N) is 1. The lowest BCUT2D eigenvalue weighted by Gasteiger charge is -2.06. The van der Waals surface area contributed by atoms with Gasteiger partial charge in [-0.3, -0.25) is 4.98 Å². The lowest BCUT2D eigenvalue weighted by Crippen LogP contribution is -1.99. The Hall–Kier alpha value is -1.97. The van der Waals surface area contributed by atoms with Gasteiger partial charge in [0.15, 0.2) is 0 Å². The fraction of sp³-hybridized carbons (Fsp3) is 0. The fourth-order valence-electron chi connectivity index (χ4n) is 1.31. The zero-order chi connectivity index (χ0) is 9.42. The second-order valence-electron chi connectivity index (χ2n) is 2.87. The molecule has 0 aliphatic carbocycles. The fourth-order valence-corrected chi connectivity index (χ4v) is 1.31. The molecule has 0 unspecified atom stereocenters. The number of fused-ring (bicyclic) bond motifs is 1. The van der Waals surface area contributed by atoms with E-state index < -0.39 is 0 Å². The summed E-state index contributed by atoms with van der Waals surface area (Å²) in [5.41, 5.74) is 19.4. The third kappa shape index (κ3) is 1.03. The van der Waals surface area contributed by atoms with Crippen LogP contribution in [0.3, 0.4) is 0 Å². The quantitative estimate of drug-likeness (QED) is 0.519. The Labute approximate surface area is 75.4 Å². The average Bonchev–Trinajstić information content (AvgIpc) is 2.15. The number of hydrogen-bond donors (Lipinski definition) is 3. The van der Waals surface area contributed by atoms with Gasteiger partial charge in [-0.25, -0.2) is 0 Å². The molecule has 66 valence electrons. The molecule has 0 saturated carbocycles. The Kier molecular flexibility index (Phi) is 1.48. The summed E-state index contributed by atoms with van der Waals surface area (Å²) in [4.78, 5) is 4.12. The molecule has 1 heterocycles. The molecule has 0 spiro atoms. The van der Waals surface area contributed by atoms with E-state index in [9.17, 15) is 0 Å². The Morgan fingerprint density at radius 3 is 2.62 bits per heavy atom. The van der Waals surface area contributed by atoms with E-state index >= 15 is 0 Å². The zero-order valence-electron chi connectivity index (χ0n) is 6.99. The predicted octanol–water partition coefficient (Wildman–Crippen LogP) is 0.981. The van der Waals surface area contributed by atoms with Crippen molar-refractivity contribution < 1.29 is 0 Å². The molecule has 4 nitrogen and oxygen atoms in total. The minimum atomic E-state index is 0.476. The van der Waals surface area contributed by atoms with Crippen LogP contribution in [-0.2, 0) is 0 Å². The van der Waals surface area contributed by atoms with E-state index in [4.69, 9.17) is 17.2 Å². The van der Waals surface area contributed by atoms with Crippen LogP contribution in [0.15, 0.2) is 24.4 Å². The third-order valence-electron chi connectivity index (χ3n) is 2.00. The lowest BCUT2D eigenvalue weighted by molar-refractivity contribution is 1.41. The van der Waals surface area contributed by atoms with Gasteiger partial charge in [0, 0.05) is 17.3 Å². The summed E-state index contributed by atoms with van der Waals surface area (Å²) in [5.74, 6) is 0. The summed E-state index contributed by atoms with van der Waals surface area (Å²) in [6.07, 6.45) is 1.66. The zero-order valence-corrected chi connectivity index (χ0v) is 6.99. The molecule has 0 aliphatic heterocycles. The van der Waals surface area contributed by atoms with Crippen LogP contribution in [0.5, 0.6) is 0 Å². The number of pyridine rings is 1. The number of rotatable bonds is 0. The van der Waals surface area contributed by atoms with Gasteiger partial charge < -0.3 is 17.2 Å². The van der Waals surface area contributed by atoms with Gasteiger partial charge in [-0.15, -0.1) is 0 Å². The molecule has 2 rings (SSSR count). The molecule has 0 saturated heterocycles.